The molecule has 0 unspecified atom stereocenters. The minimum absolute atomic E-state index is 0.0171. The maximum Gasteiger partial charge on any atom is 0.325 e. The number of carbonyl (C=O) groups is 2. The van der Waals surface area contributed by atoms with Crippen LogP contribution in [0.1, 0.15) is 25.1 Å². The van der Waals surface area contributed by atoms with E-state index in [0.717, 1.165) is 24.6 Å². The molecule has 2 N–H and O–H groups in total. The number of anilines is 1. The molecule has 182 valence electrons. The molecular weight excluding hydrogens is 468 g/mol. The number of amides is 3. The van der Waals surface area contributed by atoms with E-state index in [1.54, 1.807) is 18.2 Å². The van der Waals surface area contributed by atoms with Gasteiger partial charge in [-0.3, -0.25) is 19.6 Å². The fraction of sp³-hybridized carbons (Fsp3) is 0.333. The number of likely N-dealkylation sites (tertiary alicyclic amines) is 1. The van der Waals surface area contributed by atoms with E-state index in [2.05, 4.69) is 25.7 Å². The van der Waals surface area contributed by atoms with Gasteiger partial charge in [-0.1, -0.05) is 36.4 Å². The van der Waals surface area contributed by atoms with Gasteiger partial charge in [0.1, 0.15) is 0 Å². The van der Waals surface area contributed by atoms with E-state index in [1.165, 1.54) is 31.0 Å². The Kier molecular flexibility index (Phi) is 7.15. The normalized spacial score (nSPS) is 15.1. The van der Waals surface area contributed by atoms with Gasteiger partial charge in [0, 0.05) is 17.4 Å². The zero-order valence-corrected chi connectivity index (χ0v) is 19.9. The van der Waals surface area contributed by atoms with Crippen molar-refractivity contribution in [2.24, 2.45) is 0 Å². The number of urea groups is 1. The van der Waals surface area contributed by atoms with Crippen molar-refractivity contribution in [1.29, 1.82) is 0 Å². The number of hydrogen-bond acceptors (Lipinski definition) is 8. The molecule has 0 spiro atoms. The summed E-state index contributed by atoms with van der Waals surface area (Å²) in [6, 6.07) is 14.3. The van der Waals surface area contributed by atoms with E-state index in [0.29, 0.717) is 28.9 Å². The molecule has 3 heterocycles. The topological polar surface area (TPSA) is 111 Å². The molecule has 1 fully saturated rings. The third-order valence-electron chi connectivity index (χ3n) is 5.74. The number of aromatic nitrogens is 3. The molecule has 5 rings (SSSR count). The highest BCUT2D eigenvalue weighted by Gasteiger charge is 2.20. The fourth-order valence-electron chi connectivity index (χ4n) is 4.08. The molecule has 0 aliphatic carbocycles. The summed E-state index contributed by atoms with van der Waals surface area (Å²) < 4.78 is 12.5. The predicted molar refractivity (Wildman–Crippen MR) is 131 cm³/mol. The van der Waals surface area contributed by atoms with Crippen LogP contribution >= 0.6 is 11.8 Å². The Labute approximate surface area is 207 Å². The summed E-state index contributed by atoms with van der Waals surface area (Å²) in [6.45, 7) is 2.94. The van der Waals surface area contributed by atoms with E-state index in [4.69, 9.17) is 9.47 Å². The van der Waals surface area contributed by atoms with Crippen molar-refractivity contribution in [2.45, 2.75) is 31.0 Å². The van der Waals surface area contributed by atoms with Crippen LogP contribution < -0.4 is 20.1 Å². The first-order valence-electron chi connectivity index (χ1n) is 11.5. The number of hydrogen-bond donors (Lipinski definition) is 2. The Morgan fingerprint density at radius 3 is 2.60 bits per heavy atom. The van der Waals surface area contributed by atoms with Crippen molar-refractivity contribution in [3.63, 3.8) is 0 Å². The van der Waals surface area contributed by atoms with Crippen molar-refractivity contribution in [2.75, 3.05) is 31.0 Å². The monoisotopic (exact) mass is 494 g/mol. The van der Waals surface area contributed by atoms with Gasteiger partial charge in [-0.05, 0) is 50.2 Å². The lowest BCUT2D eigenvalue weighted by atomic mass is 10.1. The van der Waals surface area contributed by atoms with Crippen molar-refractivity contribution in [1.82, 2.24) is 25.0 Å². The van der Waals surface area contributed by atoms with E-state index in [-0.39, 0.29) is 12.5 Å². The van der Waals surface area contributed by atoms with Gasteiger partial charge in [0.2, 0.25) is 12.7 Å². The maximum atomic E-state index is 12.5. The van der Waals surface area contributed by atoms with E-state index in [9.17, 15) is 9.59 Å². The average Bonchev–Trinajstić information content (AvgIpc) is 3.50. The molecule has 1 aromatic heterocycles. The van der Waals surface area contributed by atoms with E-state index in [1.807, 2.05) is 34.9 Å². The van der Waals surface area contributed by atoms with Gasteiger partial charge >= 0.3 is 6.03 Å². The number of nitrogens with zero attached hydrogens (tertiary/aromatic N) is 4. The lowest BCUT2D eigenvalue weighted by Gasteiger charge is -2.26. The largest absolute Gasteiger partial charge is 0.454 e. The number of imide groups is 1. The van der Waals surface area contributed by atoms with Crippen LogP contribution in [0, 0.1) is 0 Å². The van der Waals surface area contributed by atoms with Crippen LogP contribution in [0.4, 0.5) is 10.5 Å². The van der Waals surface area contributed by atoms with E-state index >= 15 is 0 Å². The molecule has 0 saturated carbocycles. The summed E-state index contributed by atoms with van der Waals surface area (Å²) in [4.78, 5) is 27.1. The number of para-hydroxylation sites is 1. The number of carbonyl (C=O) groups excluding carboxylic acids is 2. The number of benzene rings is 2. The Hall–Kier alpha value is -3.57. The SMILES string of the molecule is O=C(CSc1nnc(CN2CCCCC2)n1-c1ccccc1)NC(=O)Nc1ccc2c(c1)OCO2. The highest BCUT2D eigenvalue weighted by atomic mass is 32.2. The second-order valence-electron chi connectivity index (χ2n) is 8.27. The molecule has 11 heteroatoms. The molecule has 2 aliphatic rings. The Morgan fingerprint density at radius 1 is 0.971 bits per heavy atom. The van der Waals surface area contributed by atoms with Gasteiger partial charge in [-0.25, -0.2) is 4.79 Å². The van der Waals surface area contributed by atoms with Crippen LogP contribution in [-0.4, -0.2) is 57.2 Å². The number of nitrogens with one attached hydrogen (secondary N) is 2. The van der Waals surface area contributed by atoms with E-state index < -0.39 is 11.9 Å². The summed E-state index contributed by atoms with van der Waals surface area (Å²) in [7, 11) is 0. The maximum absolute atomic E-state index is 12.5. The molecule has 35 heavy (non-hydrogen) atoms. The highest BCUT2D eigenvalue weighted by molar-refractivity contribution is 7.99. The molecule has 0 bridgehead atoms. The number of rotatable bonds is 7. The van der Waals surface area contributed by atoms with Gasteiger partial charge in [-0.15, -0.1) is 10.2 Å². The van der Waals surface area contributed by atoms with Crippen LogP contribution in [0.25, 0.3) is 5.69 Å². The van der Waals surface area contributed by atoms with Crippen LogP contribution in [0.3, 0.4) is 0 Å². The highest BCUT2D eigenvalue weighted by Crippen LogP contribution is 2.34. The number of thioether (sulfide) groups is 1. The average molecular weight is 495 g/mol. The fourth-order valence-corrected chi connectivity index (χ4v) is 4.85. The van der Waals surface area contributed by atoms with Crippen LogP contribution in [-0.2, 0) is 11.3 Å². The molecule has 1 saturated heterocycles. The first-order valence-corrected chi connectivity index (χ1v) is 12.5. The smallest absolute Gasteiger partial charge is 0.325 e. The Bertz CT molecular complexity index is 1200. The van der Waals surface area contributed by atoms with Crippen LogP contribution in [0.15, 0.2) is 53.7 Å². The second kappa shape index (κ2) is 10.8. The van der Waals surface area contributed by atoms with Gasteiger partial charge in [0.15, 0.2) is 22.5 Å². The standard InChI is InChI=1S/C24H26N6O4S/c31-22(26-23(32)25-17-9-10-19-20(13-17)34-16-33-19)15-35-24-28-27-21(14-29-11-5-2-6-12-29)30(24)18-7-3-1-4-8-18/h1,3-4,7-10,13H,2,5-6,11-12,14-16H2,(H2,25,26,31,32). The molecule has 3 aromatic rings. The summed E-state index contributed by atoms with van der Waals surface area (Å²) in [5.41, 5.74) is 1.44. The summed E-state index contributed by atoms with van der Waals surface area (Å²) >= 11 is 1.24. The van der Waals surface area contributed by atoms with Gasteiger partial charge in [0.25, 0.3) is 0 Å². The van der Waals surface area contributed by atoms with Crippen molar-refractivity contribution >= 4 is 29.4 Å². The first kappa shape index (κ1) is 23.2. The van der Waals surface area contributed by atoms with Crippen molar-refractivity contribution in [3.8, 4) is 17.2 Å². The summed E-state index contributed by atoms with van der Waals surface area (Å²) in [6.07, 6.45) is 3.64. The Balaban J connectivity index is 1.21. The summed E-state index contributed by atoms with van der Waals surface area (Å²) in [5, 5.41) is 14.4. The molecule has 3 amide bonds. The van der Waals surface area contributed by atoms with Gasteiger partial charge in [-0.2, -0.15) is 0 Å². The number of ether oxygens (including phenoxy) is 2. The van der Waals surface area contributed by atoms with Crippen LogP contribution in [0.2, 0.25) is 0 Å². The number of piperidine rings is 1. The zero-order chi connectivity index (χ0) is 24.0. The molecule has 0 atom stereocenters. The molecule has 10 nitrogen and oxygen atoms in total. The second-order valence-corrected chi connectivity index (χ2v) is 9.21. The third kappa shape index (κ3) is 5.75. The van der Waals surface area contributed by atoms with Gasteiger partial charge in [0.05, 0.1) is 12.3 Å². The lowest BCUT2D eigenvalue weighted by molar-refractivity contribution is -0.117. The summed E-state index contributed by atoms with van der Waals surface area (Å²) in [5.74, 6) is 1.58. The quantitative estimate of drug-likeness (QED) is 0.481. The minimum Gasteiger partial charge on any atom is -0.454 e. The van der Waals surface area contributed by atoms with Crippen molar-refractivity contribution < 1.29 is 19.1 Å². The van der Waals surface area contributed by atoms with Crippen LogP contribution in [0.5, 0.6) is 11.5 Å². The molecule has 2 aliphatic heterocycles. The molecular formula is C24H26N6O4S. The lowest BCUT2D eigenvalue weighted by Crippen LogP contribution is -2.35. The third-order valence-corrected chi connectivity index (χ3v) is 6.67. The Morgan fingerprint density at radius 2 is 1.77 bits per heavy atom. The van der Waals surface area contributed by atoms with Gasteiger partial charge < -0.3 is 14.8 Å². The zero-order valence-electron chi connectivity index (χ0n) is 19.1. The minimum atomic E-state index is -0.621. The predicted octanol–water partition coefficient (Wildman–Crippen LogP) is 3.42. The molecule has 0 radical (unpaired) electrons. The first-order chi connectivity index (χ1) is 17.2. The molecule has 2 aromatic carbocycles. The van der Waals surface area contributed by atoms with Crippen molar-refractivity contribution in [3.05, 3.63) is 54.4 Å². The number of fused-ring (bicyclic) bond motifs is 1.